The van der Waals surface area contributed by atoms with E-state index in [0.717, 1.165) is 31.2 Å². The number of rotatable bonds is 9. The first-order valence-corrected chi connectivity index (χ1v) is 13.3. The highest BCUT2D eigenvalue weighted by atomic mass is 35.5. The van der Waals surface area contributed by atoms with Crippen LogP contribution in [-0.2, 0) is 26.1 Å². The Balaban J connectivity index is 1.79. The Hall–Kier alpha value is -2.42. The summed E-state index contributed by atoms with van der Waals surface area (Å²) in [7, 11) is -2.45. The van der Waals surface area contributed by atoms with Crippen LogP contribution in [-0.4, -0.2) is 44.3 Å². The SMILES string of the molecule is COC(=O)CCNC(=O)c1ccc(CN(C2CCCCC2C)S(=O)(=O)c2ccc(Cl)cc2)cc1. The molecule has 34 heavy (non-hydrogen) atoms. The number of carbonyl (C=O) groups is 2. The molecule has 184 valence electrons. The molecule has 2 aromatic rings. The molecule has 2 atom stereocenters. The lowest BCUT2D eigenvalue weighted by atomic mass is 9.86. The van der Waals surface area contributed by atoms with E-state index in [-0.39, 0.29) is 42.3 Å². The number of nitrogens with one attached hydrogen (secondary N) is 1. The highest BCUT2D eigenvalue weighted by molar-refractivity contribution is 7.89. The molecular weight excluding hydrogens is 476 g/mol. The number of methoxy groups -OCH3 is 1. The molecule has 0 bridgehead atoms. The summed E-state index contributed by atoms with van der Waals surface area (Å²) in [6.07, 6.45) is 3.99. The highest BCUT2D eigenvalue weighted by Gasteiger charge is 2.36. The summed E-state index contributed by atoms with van der Waals surface area (Å²) in [5.41, 5.74) is 1.23. The van der Waals surface area contributed by atoms with Crippen molar-refractivity contribution in [2.45, 2.75) is 56.5 Å². The van der Waals surface area contributed by atoms with Crippen LogP contribution in [0.3, 0.4) is 0 Å². The summed E-state index contributed by atoms with van der Waals surface area (Å²) in [6.45, 7) is 2.50. The summed E-state index contributed by atoms with van der Waals surface area (Å²) in [4.78, 5) is 23.7. The standard InChI is InChI=1S/C25H31ClN2O5S/c1-18-5-3-4-6-23(18)28(34(31,32)22-13-11-21(26)12-14-22)17-19-7-9-20(10-8-19)25(30)27-16-15-24(29)33-2/h7-14,18,23H,3-6,15-17H2,1-2H3,(H,27,30). The van der Waals surface area contributed by atoms with Gasteiger partial charge in [0.2, 0.25) is 10.0 Å². The maximum atomic E-state index is 13.6. The van der Waals surface area contributed by atoms with Crippen LogP contribution in [0.1, 0.15) is 54.9 Å². The zero-order valence-electron chi connectivity index (χ0n) is 19.5. The Morgan fingerprint density at radius 2 is 1.71 bits per heavy atom. The van der Waals surface area contributed by atoms with Crippen molar-refractivity contribution in [3.05, 3.63) is 64.7 Å². The number of ether oxygens (including phenoxy) is 1. The van der Waals surface area contributed by atoms with Crippen molar-refractivity contribution in [3.8, 4) is 0 Å². The molecule has 1 amide bonds. The lowest BCUT2D eigenvalue weighted by molar-refractivity contribution is -0.140. The van der Waals surface area contributed by atoms with Crippen LogP contribution >= 0.6 is 11.6 Å². The average molecular weight is 507 g/mol. The first-order chi connectivity index (χ1) is 16.2. The van der Waals surface area contributed by atoms with Gasteiger partial charge in [0.15, 0.2) is 0 Å². The van der Waals surface area contributed by atoms with Crippen LogP contribution in [0.5, 0.6) is 0 Å². The molecule has 0 aromatic heterocycles. The summed E-state index contributed by atoms with van der Waals surface area (Å²) in [5, 5.41) is 3.16. The maximum Gasteiger partial charge on any atom is 0.307 e. The molecule has 0 radical (unpaired) electrons. The van der Waals surface area contributed by atoms with E-state index in [1.165, 1.54) is 7.11 Å². The van der Waals surface area contributed by atoms with Crippen molar-refractivity contribution in [1.29, 1.82) is 0 Å². The molecule has 1 saturated carbocycles. The van der Waals surface area contributed by atoms with E-state index in [1.807, 2.05) is 0 Å². The fourth-order valence-electron chi connectivity index (χ4n) is 4.27. The van der Waals surface area contributed by atoms with Gasteiger partial charge >= 0.3 is 5.97 Å². The predicted octanol–water partition coefficient (Wildman–Crippen LogP) is 4.40. The van der Waals surface area contributed by atoms with Crippen molar-refractivity contribution < 1.29 is 22.7 Å². The number of esters is 1. The molecule has 9 heteroatoms. The second kappa shape index (κ2) is 11.8. The van der Waals surface area contributed by atoms with Crippen LogP contribution < -0.4 is 5.32 Å². The number of carbonyl (C=O) groups excluding carboxylic acids is 2. The number of hydrogen-bond donors (Lipinski definition) is 1. The van der Waals surface area contributed by atoms with E-state index in [2.05, 4.69) is 17.0 Å². The summed E-state index contributed by atoms with van der Waals surface area (Å²) >= 11 is 5.97. The van der Waals surface area contributed by atoms with Crippen LogP contribution in [0.15, 0.2) is 53.4 Å². The number of amides is 1. The number of sulfonamides is 1. The third-order valence-corrected chi connectivity index (χ3v) is 8.39. The number of halogens is 1. The molecule has 1 aliphatic rings. The lowest BCUT2D eigenvalue weighted by Crippen LogP contribution is -2.44. The van der Waals surface area contributed by atoms with Crippen molar-refractivity contribution in [1.82, 2.24) is 9.62 Å². The van der Waals surface area contributed by atoms with Gasteiger partial charge in [-0.05, 0) is 60.7 Å². The second-order valence-corrected chi connectivity index (χ2v) is 10.9. The van der Waals surface area contributed by atoms with Crippen LogP contribution in [0.2, 0.25) is 5.02 Å². The van der Waals surface area contributed by atoms with Crippen LogP contribution in [0.25, 0.3) is 0 Å². The number of nitrogens with zero attached hydrogens (tertiary/aromatic N) is 1. The Bertz CT molecular complexity index is 1090. The number of hydrogen-bond acceptors (Lipinski definition) is 5. The molecule has 1 aliphatic carbocycles. The van der Waals surface area contributed by atoms with Gasteiger partial charge in [-0.25, -0.2) is 8.42 Å². The Morgan fingerprint density at radius 3 is 2.32 bits per heavy atom. The zero-order valence-corrected chi connectivity index (χ0v) is 21.1. The lowest BCUT2D eigenvalue weighted by Gasteiger charge is -2.37. The molecule has 0 saturated heterocycles. The van der Waals surface area contributed by atoms with Crippen molar-refractivity contribution in [3.63, 3.8) is 0 Å². The summed E-state index contributed by atoms with van der Waals surface area (Å²) in [5.74, 6) is -0.452. The molecule has 0 aliphatic heterocycles. The molecule has 7 nitrogen and oxygen atoms in total. The Morgan fingerprint density at radius 1 is 1.06 bits per heavy atom. The van der Waals surface area contributed by atoms with Gasteiger partial charge < -0.3 is 10.1 Å². The molecule has 1 fully saturated rings. The minimum Gasteiger partial charge on any atom is -0.469 e. The molecule has 0 heterocycles. The molecular formula is C25H31ClN2O5S. The first kappa shape index (κ1) is 26.2. The second-order valence-electron chi connectivity index (χ2n) is 8.61. The molecule has 3 rings (SSSR count). The van der Waals surface area contributed by atoms with Gasteiger partial charge in [0, 0.05) is 29.7 Å². The van der Waals surface area contributed by atoms with Gasteiger partial charge in [0.25, 0.3) is 5.91 Å². The Kier molecular flexibility index (Phi) is 9.10. The van der Waals surface area contributed by atoms with E-state index in [9.17, 15) is 18.0 Å². The van der Waals surface area contributed by atoms with Gasteiger partial charge in [-0.15, -0.1) is 0 Å². The van der Waals surface area contributed by atoms with Crippen LogP contribution in [0.4, 0.5) is 0 Å². The molecule has 1 N–H and O–H groups in total. The van der Waals surface area contributed by atoms with Gasteiger partial charge in [-0.3, -0.25) is 9.59 Å². The van der Waals surface area contributed by atoms with Gasteiger partial charge in [-0.1, -0.05) is 43.5 Å². The monoisotopic (exact) mass is 506 g/mol. The molecule has 0 spiro atoms. The minimum absolute atomic E-state index is 0.0947. The van der Waals surface area contributed by atoms with E-state index in [1.54, 1.807) is 52.8 Å². The predicted molar refractivity (Wildman–Crippen MR) is 131 cm³/mol. The van der Waals surface area contributed by atoms with E-state index in [4.69, 9.17) is 11.6 Å². The van der Waals surface area contributed by atoms with E-state index >= 15 is 0 Å². The largest absolute Gasteiger partial charge is 0.469 e. The number of benzene rings is 2. The van der Waals surface area contributed by atoms with Crippen LogP contribution in [0, 0.1) is 5.92 Å². The smallest absolute Gasteiger partial charge is 0.307 e. The highest BCUT2D eigenvalue weighted by Crippen LogP contribution is 2.33. The normalized spacial score (nSPS) is 18.5. The van der Waals surface area contributed by atoms with Gasteiger partial charge in [-0.2, -0.15) is 4.31 Å². The minimum atomic E-state index is -3.75. The summed E-state index contributed by atoms with van der Waals surface area (Å²) < 4.78 is 33.5. The maximum absolute atomic E-state index is 13.6. The molecule has 2 aromatic carbocycles. The Labute approximate surface area is 206 Å². The third-order valence-electron chi connectivity index (χ3n) is 6.25. The first-order valence-electron chi connectivity index (χ1n) is 11.4. The molecule has 2 unspecified atom stereocenters. The topological polar surface area (TPSA) is 92.8 Å². The van der Waals surface area contributed by atoms with E-state index < -0.39 is 16.0 Å². The van der Waals surface area contributed by atoms with Crippen molar-refractivity contribution >= 4 is 33.5 Å². The zero-order chi connectivity index (χ0) is 24.7. The van der Waals surface area contributed by atoms with Gasteiger partial charge in [0.05, 0.1) is 18.4 Å². The van der Waals surface area contributed by atoms with Crippen molar-refractivity contribution in [2.24, 2.45) is 5.92 Å². The summed E-state index contributed by atoms with van der Waals surface area (Å²) in [6, 6.07) is 13.0. The fourth-order valence-corrected chi connectivity index (χ4v) is 6.14. The van der Waals surface area contributed by atoms with E-state index in [0.29, 0.717) is 10.6 Å². The fraction of sp³-hybridized carbons (Fsp3) is 0.440. The van der Waals surface area contributed by atoms with Gasteiger partial charge in [0.1, 0.15) is 0 Å². The van der Waals surface area contributed by atoms with Crippen molar-refractivity contribution in [2.75, 3.05) is 13.7 Å². The third kappa shape index (κ3) is 6.58. The average Bonchev–Trinajstić information content (AvgIpc) is 2.83. The quantitative estimate of drug-likeness (QED) is 0.509.